The quantitative estimate of drug-likeness (QED) is 0.448. The molecule has 0 aliphatic carbocycles. The smallest absolute Gasteiger partial charge is 0.135 e. The predicted octanol–water partition coefficient (Wildman–Crippen LogP) is 6.70. The van der Waals surface area contributed by atoms with Crippen LogP contribution >= 0.6 is 0 Å². The maximum atomic E-state index is 10.5. The van der Waals surface area contributed by atoms with Gasteiger partial charge in [0, 0.05) is 10.9 Å². The molecule has 0 aliphatic rings. The zero-order valence-electron chi connectivity index (χ0n) is 15.8. The summed E-state index contributed by atoms with van der Waals surface area (Å²) in [7, 11) is 0. The second-order valence-corrected chi connectivity index (χ2v) is 6.98. The number of aromatic hydroxyl groups is 1. The first-order valence-electron chi connectivity index (χ1n) is 9.31. The van der Waals surface area contributed by atoms with Crippen LogP contribution in [0.15, 0.2) is 46.9 Å². The maximum Gasteiger partial charge on any atom is 0.135 e. The van der Waals surface area contributed by atoms with Crippen LogP contribution in [0.5, 0.6) is 5.75 Å². The first kappa shape index (κ1) is 16.7. The Labute approximate surface area is 154 Å². The first-order valence-corrected chi connectivity index (χ1v) is 9.31. The zero-order chi connectivity index (χ0) is 18.4. The molecule has 26 heavy (non-hydrogen) atoms. The summed E-state index contributed by atoms with van der Waals surface area (Å²) in [5.41, 5.74) is 6.47. The van der Waals surface area contributed by atoms with Crippen LogP contribution in [0.1, 0.15) is 36.3 Å². The first-order chi connectivity index (χ1) is 12.5. The minimum absolute atomic E-state index is 0.440. The normalized spacial score (nSPS) is 11.5. The highest BCUT2D eigenvalue weighted by atomic mass is 16.3. The summed E-state index contributed by atoms with van der Waals surface area (Å²) in [5.74, 6) is 1.40. The number of aryl methyl sites for hydroxylation is 4. The SMILES string of the molecule is CCc1cc(-c2c3ccccc3cc3oc(C)c(C)c23)cc(CC)c1O. The van der Waals surface area contributed by atoms with Gasteiger partial charge in [-0.1, -0.05) is 38.1 Å². The number of hydrogen-bond donors (Lipinski definition) is 1. The van der Waals surface area contributed by atoms with E-state index in [1.807, 2.05) is 6.92 Å². The summed E-state index contributed by atoms with van der Waals surface area (Å²) in [5, 5.41) is 14.1. The van der Waals surface area contributed by atoms with Gasteiger partial charge >= 0.3 is 0 Å². The van der Waals surface area contributed by atoms with E-state index >= 15 is 0 Å². The summed E-state index contributed by atoms with van der Waals surface area (Å²) >= 11 is 0. The number of fused-ring (bicyclic) bond motifs is 2. The molecule has 0 unspecified atom stereocenters. The number of rotatable bonds is 3. The van der Waals surface area contributed by atoms with Crippen molar-refractivity contribution in [2.75, 3.05) is 0 Å². The summed E-state index contributed by atoms with van der Waals surface area (Å²) in [6.45, 7) is 8.32. The van der Waals surface area contributed by atoms with Gasteiger partial charge in [-0.3, -0.25) is 0 Å². The van der Waals surface area contributed by atoms with E-state index in [2.05, 4.69) is 63.2 Å². The third-order valence-electron chi connectivity index (χ3n) is 5.50. The van der Waals surface area contributed by atoms with Crippen LogP contribution in [-0.4, -0.2) is 5.11 Å². The summed E-state index contributed by atoms with van der Waals surface area (Å²) < 4.78 is 6.06. The van der Waals surface area contributed by atoms with Crippen LogP contribution in [0, 0.1) is 13.8 Å². The molecule has 2 nitrogen and oxygen atoms in total. The highest BCUT2D eigenvalue weighted by Crippen LogP contribution is 2.42. The van der Waals surface area contributed by atoms with E-state index in [9.17, 15) is 5.11 Å². The van der Waals surface area contributed by atoms with Gasteiger partial charge in [-0.05, 0) is 77.9 Å². The molecule has 0 atom stereocenters. The van der Waals surface area contributed by atoms with Gasteiger partial charge < -0.3 is 9.52 Å². The topological polar surface area (TPSA) is 33.4 Å². The Morgan fingerprint density at radius 2 is 1.58 bits per heavy atom. The van der Waals surface area contributed by atoms with Gasteiger partial charge in [0.2, 0.25) is 0 Å². The van der Waals surface area contributed by atoms with Gasteiger partial charge in [-0.25, -0.2) is 0 Å². The largest absolute Gasteiger partial charge is 0.507 e. The molecule has 0 spiro atoms. The fourth-order valence-corrected chi connectivity index (χ4v) is 3.94. The molecule has 0 bridgehead atoms. The van der Waals surface area contributed by atoms with E-state index < -0.39 is 0 Å². The Balaban J connectivity index is 2.19. The lowest BCUT2D eigenvalue weighted by molar-refractivity contribution is 0.462. The maximum absolute atomic E-state index is 10.5. The average molecular weight is 344 g/mol. The molecule has 1 N–H and O–H groups in total. The zero-order valence-corrected chi connectivity index (χ0v) is 15.8. The van der Waals surface area contributed by atoms with Crippen LogP contribution in [0.2, 0.25) is 0 Å². The van der Waals surface area contributed by atoms with E-state index in [1.54, 1.807) is 0 Å². The minimum atomic E-state index is 0.440. The van der Waals surface area contributed by atoms with Gasteiger partial charge in [0.25, 0.3) is 0 Å². The third-order valence-corrected chi connectivity index (χ3v) is 5.50. The molecule has 2 heteroatoms. The van der Waals surface area contributed by atoms with Gasteiger partial charge in [-0.2, -0.15) is 0 Å². The number of furan rings is 1. The molecule has 4 aromatic rings. The van der Waals surface area contributed by atoms with Crippen molar-refractivity contribution in [3.05, 3.63) is 64.9 Å². The van der Waals surface area contributed by atoms with Crippen molar-refractivity contribution in [1.82, 2.24) is 0 Å². The second-order valence-electron chi connectivity index (χ2n) is 6.98. The standard InChI is InChI=1S/C24H24O2/c1-5-16-11-19(12-17(6-2)24(16)25)23-20-10-8-7-9-18(20)13-21-22(23)14(3)15(4)26-21/h7-13,25H,5-6H2,1-4H3. The van der Waals surface area contributed by atoms with Crippen LogP contribution in [0.3, 0.4) is 0 Å². The van der Waals surface area contributed by atoms with Crippen LogP contribution in [0.4, 0.5) is 0 Å². The fourth-order valence-electron chi connectivity index (χ4n) is 3.94. The Bertz CT molecular complexity index is 1110. The van der Waals surface area contributed by atoms with Gasteiger partial charge in [0.05, 0.1) is 0 Å². The van der Waals surface area contributed by atoms with Crippen molar-refractivity contribution in [3.63, 3.8) is 0 Å². The Kier molecular flexibility index (Phi) is 3.99. The molecule has 0 saturated carbocycles. The second kappa shape index (κ2) is 6.21. The monoisotopic (exact) mass is 344 g/mol. The van der Waals surface area contributed by atoms with Crippen molar-refractivity contribution in [1.29, 1.82) is 0 Å². The molecule has 3 aromatic carbocycles. The van der Waals surface area contributed by atoms with Crippen molar-refractivity contribution in [3.8, 4) is 16.9 Å². The number of hydrogen-bond acceptors (Lipinski definition) is 2. The Morgan fingerprint density at radius 3 is 2.23 bits per heavy atom. The summed E-state index contributed by atoms with van der Waals surface area (Å²) in [6, 6.07) is 14.9. The molecular weight excluding hydrogens is 320 g/mol. The lowest BCUT2D eigenvalue weighted by atomic mass is 9.90. The molecule has 0 fully saturated rings. The number of phenols is 1. The van der Waals surface area contributed by atoms with Crippen molar-refractivity contribution < 1.29 is 9.52 Å². The molecule has 4 rings (SSSR count). The predicted molar refractivity (Wildman–Crippen MR) is 109 cm³/mol. The van der Waals surface area contributed by atoms with Crippen molar-refractivity contribution in [2.24, 2.45) is 0 Å². The van der Waals surface area contributed by atoms with Crippen LogP contribution in [-0.2, 0) is 12.8 Å². The lowest BCUT2D eigenvalue weighted by Gasteiger charge is -2.14. The van der Waals surface area contributed by atoms with Crippen LogP contribution < -0.4 is 0 Å². The molecule has 0 aliphatic heterocycles. The molecule has 0 saturated heterocycles. The Morgan fingerprint density at radius 1 is 0.923 bits per heavy atom. The van der Waals surface area contributed by atoms with E-state index in [0.717, 1.165) is 40.9 Å². The average Bonchev–Trinajstić information content (AvgIpc) is 2.94. The van der Waals surface area contributed by atoms with Crippen molar-refractivity contribution in [2.45, 2.75) is 40.5 Å². The van der Waals surface area contributed by atoms with Gasteiger partial charge in [-0.15, -0.1) is 0 Å². The van der Waals surface area contributed by atoms with E-state index in [-0.39, 0.29) is 0 Å². The highest BCUT2D eigenvalue weighted by Gasteiger charge is 2.18. The molecule has 1 aromatic heterocycles. The summed E-state index contributed by atoms with van der Waals surface area (Å²) in [4.78, 5) is 0. The van der Waals surface area contributed by atoms with E-state index in [1.165, 1.54) is 27.3 Å². The fraction of sp³-hybridized carbons (Fsp3) is 0.250. The van der Waals surface area contributed by atoms with Gasteiger partial charge in [0.15, 0.2) is 0 Å². The summed E-state index contributed by atoms with van der Waals surface area (Å²) in [6.07, 6.45) is 1.62. The number of benzene rings is 3. The molecule has 0 radical (unpaired) electrons. The van der Waals surface area contributed by atoms with E-state index in [4.69, 9.17) is 4.42 Å². The molecular formula is C24H24O2. The van der Waals surface area contributed by atoms with Crippen LogP contribution in [0.25, 0.3) is 32.9 Å². The molecule has 132 valence electrons. The molecule has 1 heterocycles. The van der Waals surface area contributed by atoms with Gasteiger partial charge in [0.1, 0.15) is 17.1 Å². The van der Waals surface area contributed by atoms with E-state index in [0.29, 0.717) is 5.75 Å². The van der Waals surface area contributed by atoms with Crippen molar-refractivity contribution >= 4 is 21.7 Å². The molecule has 0 amide bonds. The minimum Gasteiger partial charge on any atom is -0.507 e. The Hall–Kier alpha value is -2.74. The third kappa shape index (κ3) is 2.40. The highest BCUT2D eigenvalue weighted by molar-refractivity contribution is 6.12. The lowest BCUT2D eigenvalue weighted by Crippen LogP contribution is -1.93. The number of phenolic OH excluding ortho intramolecular Hbond substituents is 1.